The second-order valence-corrected chi connectivity index (χ2v) is 11.2. The van der Waals surface area contributed by atoms with Gasteiger partial charge < -0.3 is 34.3 Å². The highest BCUT2D eigenvalue weighted by molar-refractivity contribution is 6.02. The molecule has 1 aliphatic heterocycles. The van der Waals surface area contributed by atoms with E-state index >= 15 is 0 Å². The molecule has 3 aromatic rings. The SMILES string of the molecule is COC(=O)c1cc(OCC(F)(F)F)nn1C.Cn1nc(OCC(F)(F)F)cc1C(=O)Nc1cc([C@H]2C[C@@H](OC(=O)NC3(C)CC3)CO2)[nH]n1. The molecule has 0 spiro atoms. The van der Waals surface area contributed by atoms with E-state index in [1.165, 1.54) is 14.1 Å². The smallest absolute Gasteiger partial charge is 0.422 e. The molecule has 1 saturated carbocycles. The van der Waals surface area contributed by atoms with Crippen molar-refractivity contribution in [1.29, 1.82) is 0 Å². The highest BCUT2D eigenvalue weighted by atomic mass is 19.4. The Bertz CT molecular complexity index is 1630. The molecular weight excluding hydrogens is 678 g/mol. The summed E-state index contributed by atoms with van der Waals surface area (Å²) in [5.74, 6) is -1.75. The van der Waals surface area contributed by atoms with Crippen LogP contribution in [0.5, 0.6) is 11.8 Å². The molecule has 270 valence electrons. The number of aromatic amines is 1. The Morgan fingerprint density at radius 3 is 2.10 bits per heavy atom. The number of aryl methyl sites for hydroxylation is 2. The van der Waals surface area contributed by atoms with Gasteiger partial charge in [-0.15, -0.1) is 10.2 Å². The highest BCUT2D eigenvalue weighted by Crippen LogP contribution is 2.35. The normalized spacial score (nSPS) is 18.2. The summed E-state index contributed by atoms with van der Waals surface area (Å²) in [4.78, 5) is 35.5. The monoisotopic (exact) mass is 710 g/mol. The minimum atomic E-state index is -4.52. The molecule has 2 aliphatic rings. The standard InChI is InChI=1S/C19H23F3N6O5.C8H9F3N2O3/c1-18(3-4-18)24-17(30)33-10-5-13(31-8-10)11-6-14(26-25-11)23-16(29)12-7-15(27-28(12)2)32-9-19(20,21)22;1-13-5(7(14)15-2)3-6(12-13)16-4-8(9,10)11/h6-7,10,13H,3-5,8-9H2,1-2H3,(H,24,30)(H2,23,25,26,29);3H,4H2,1-2H3/t10-,13-;/m1./s1. The van der Waals surface area contributed by atoms with Crippen molar-refractivity contribution in [3.63, 3.8) is 0 Å². The van der Waals surface area contributed by atoms with Gasteiger partial charge in [0.15, 0.2) is 19.0 Å². The van der Waals surface area contributed by atoms with Crippen molar-refractivity contribution in [2.24, 2.45) is 14.1 Å². The number of methoxy groups -OCH3 is 1. The number of H-pyrrole nitrogens is 1. The van der Waals surface area contributed by atoms with Gasteiger partial charge in [0, 0.05) is 44.3 Å². The zero-order valence-corrected chi connectivity index (χ0v) is 26.4. The molecule has 3 aromatic heterocycles. The van der Waals surface area contributed by atoms with E-state index in [0.717, 1.165) is 41.4 Å². The maximum atomic E-state index is 12.5. The lowest BCUT2D eigenvalue weighted by molar-refractivity contribution is -0.154. The van der Waals surface area contributed by atoms with Gasteiger partial charge in [-0.05, 0) is 19.8 Å². The molecule has 0 aromatic carbocycles. The molecule has 5 rings (SSSR count). The van der Waals surface area contributed by atoms with Gasteiger partial charge in [-0.1, -0.05) is 0 Å². The van der Waals surface area contributed by atoms with Gasteiger partial charge in [-0.25, -0.2) is 9.59 Å². The van der Waals surface area contributed by atoms with Gasteiger partial charge in [-0.3, -0.25) is 19.3 Å². The van der Waals surface area contributed by atoms with Crippen LogP contribution in [0.2, 0.25) is 0 Å². The van der Waals surface area contributed by atoms with Gasteiger partial charge in [0.1, 0.15) is 23.6 Å². The van der Waals surface area contributed by atoms with Crippen LogP contribution in [0, 0.1) is 0 Å². The third kappa shape index (κ3) is 11.0. The molecule has 0 bridgehead atoms. The summed E-state index contributed by atoms with van der Waals surface area (Å²) in [5, 5.41) is 19.4. The molecule has 16 nitrogen and oxygen atoms in total. The van der Waals surface area contributed by atoms with Gasteiger partial charge in [0.25, 0.3) is 5.91 Å². The summed E-state index contributed by atoms with van der Waals surface area (Å²) in [7, 11) is 3.95. The number of ether oxygens (including phenoxy) is 5. The fourth-order valence-electron chi connectivity index (χ4n) is 4.23. The molecule has 0 unspecified atom stereocenters. The molecule has 1 saturated heterocycles. The summed E-state index contributed by atoms with van der Waals surface area (Å²) in [5.41, 5.74) is 0.397. The molecule has 4 heterocycles. The van der Waals surface area contributed by atoms with Crippen molar-refractivity contribution in [2.75, 3.05) is 32.2 Å². The van der Waals surface area contributed by atoms with Crippen LogP contribution in [0.4, 0.5) is 37.0 Å². The van der Waals surface area contributed by atoms with Crippen molar-refractivity contribution in [2.45, 2.75) is 56.3 Å². The lowest BCUT2D eigenvalue weighted by atomic mass is 10.1. The first-order valence-electron chi connectivity index (χ1n) is 14.4. The van der Waals surface area contributed by atoms with Crippen LogP contribution in [0.3, 0.4) is 0 Å². The minimum absolute atomic E-state index is 0.0136. The number of amides is 2. The molecule has 2 amide bonds. The van der Waals surface area contributed by atoms with E-state index in [1.807, 2.05) is 6.92 Å². The number of halogens is 6. The number of hydrogen-bond acceptors (Lipinski definition) is 11. The quantitative estimate of drug-likeness (QED) is 0.206. The summed E-state index contributed by atoms with van der Waals surface area (Å²) in [6, 6.07) is 3.75. The van der Waals surface area contributed by atoms with Crippen LogP contribution in [-0.2, 0) is 28.3 Å². The highest BCUT2D eigenvalue weighted by Gasteiger charge is 2.40. The molecule has 1 aliphatic carbocycles. The largest absolute Gasteiger partial charge is 0.467 e. The molecule has 22 heteroatoms. The molecule has 2 atom stereocenters. The topological polar surface area (TPSA) is 186 Å². The van der Waals surface area contributed by atoms with Crippen molar-refractivity contribution >= 4 is 23.8 Å². The van der Waals surface area contributed by atoms with Crippen LogP contribution < -0.4 is 20.1 Å². The van der Waals surface area contributed by atoms with Crippen molar-refractivity contribution in [1.82, 2.24) is 35.1 Å². The Morgan fingerprint density at radius 2 is 1.55 bits per heavy atom. The van der Waals surface area contributed by atoms with E-state index in [1.54, 1.807) is 6.07 Å². The fraction of sp³-hybridized carbons (Fsp3) is 0.556. The predicted octanol–water partition coefficient (Wildman–Crippen LogP) is 3.59. The minimum Gasteiger partial charge on any atom is -0.467 e. The first-order chi connectivity index (χ1) is 22.8. The van der Waals surface area contributed by atoms with E-state index in [2.05, 4.69) is 45.2 Å². The summed E-state index contributed by atoms with van der Waals surface area (Å²) >= 11 is 0. The lowest BCUT2D eigenvalue weighted by Crippen LogP contribution is -2.37. The van der Waals surface area contributed by atoms with Crippen molar-refractivity contribution in [3.05, 3.63) is 35.3 Å². The van der Waals surface area contributed by atoms with Gasteiger partial charge in [0.05, 0.1) is 19.4 Å². The lowest BCUT2D eigenvalue weighted by Gasteiger charge is -2.15. The van der Waals surface area contributed by atoms with Gasteiger partial charge >= 0.3 is 24.4 Å². The van der Waals surface area contributed by atoms with Crippen LogP contribution in [0.1, 0.15) is 59.0 Å². The predicted molar refractivity (Wildman–Crippen MR) is 152 cm³/mol. The fourth-order valence-corrected chi connectivity index (χ4v) is 4.23. The van der Waals surface area contributed by atoms with E-state index in [-0.39, 0.29) is 41.1 Å². The number of carbonyl (C=O) groups is 3. The van der Waals surface area contributed by atoms with Crippen LogP contribution in [-0.4, -0.2) is 98.7 Å². The first-order valence-corrected chi connectivity index (χ1v) is 14.4. The number of carbonyl (C=O) groups excluding carboxylic acids is 3. The molecule has 0 radical (unpaired) electrons. The first kappa shape index (κ1) is 36.8. The second-order valence-electron chi connectivity index (χ2n) is 11.2. The third-order valence-electron chi connectivity index (χ3n) is 6.93. The van der Waals surface area contributed by atoms with Crippen LogP contribution in [0.25, 0.3) is 0 Å². The second kappa shape index (κ2) is 14.6. The molecule has 2 fully saturated rings. The number of aromatic nitrogens is 6. The average Bonchev–Trinajstić information content (AvgIpc) is 3.49. The molecule has 3 N–H and O–H groups in total. The van der Waals surface area contributed by atoms with E-state index in [9.17, 15) is 40.7 Å². The molecule has 49 heavy (non-hydrogen) atoms. The average molecular weight is 711 g/mol. The zero-order valence-electron chi connectivity index (χ0n) is 26.4. The van der Waals surface area contributed by atoms with Crippen LogP contribution in [0.15, 0.2) is 18.2 Å². The number of esters is 1. The number of alkyl halides is 6. The van der Waals surface area contributed by atoms with Gasteiger partial charge in [-0.2, -0.15) is 31.4 Å². The Balaban J connectivity index is 0.000000284. The maximum absolute atomic E-state index is 12.5. The number of anilines is 1. The summed E-state index contributed by atoms with van der Waals surface area (Å²) < 4.78 is 98.9. The van der Waals surface area contributed by atoms with E-state index in [0.29, 0.717) is 12.1 Å². The van der Waals surface area contributed by atoms with Crippen molar-refractivity contribution < 1.29 is 64.4 Å². The Labute approximate surface area is 273 Å². The van der Waals surface area contributed by atoms with E-state index in [4.69, 9.17) is 9.47 Å². The third-order valence-corrected chi connectivity index (χ3v) is 6.93. The number of hydrogen-bond donors (Lipinski definition) is 3. The Kier molecular flexibility index (Phi) is 11.0. The molecular formula is C27H32F6N8O8. The number of rotatable bonds is 10. The number of nitrogens with one attached hydrogen (secondary N) is 3. The van der Waals surface area contributed by atoms with Crippen LogP contribution >= 0.6 is 0 Å². The Morgan fingerprint density at radius 1 is 0.980 bits per heavy atom. The zero-order chi connectivity index (χ0) is 36.1. The summed E-state index contributed by atoms with van der Waals surface area (Å²) in [6.07, 6.45) is -7.98. The van der Waals surface area contributed by atoms with Gasteiger partial charge in [0.2, 0.25) is 11.8 Å². The van der Waals surface area contributed by atoms with Crippen molar-refractivity contribution in [3.8, 4) is 11.8 Å². The maximum Gasteiger partial charge on any atom is 0.422 e. The number of alkyl carbamates (subject to hydrolysis) is 1. The van der Waals surface area contributed by atoms with E-state index < -0.39 is 55.7 Å². The number of nitrogens with zero attached hydrogens (tertiary/aromatic N) is 5. The summed E-state index contributed by atoms with van der Waals surface area (Å²) in [6.45, 7) is -0.790. The Hall–Kier alpha value is -5.02.